The zero-order valence-corrected chi connectivity index (χ0v) is 11.9. The van der Waals surface area contributed by atoms with Crippen LogP contribution in [0.3, 0.4) is 0 Å². The van der Waals surface area contributed by atoms with Gasteiger partial charge in [-0.15, -0.1) is 0 Å². The fourth-order valence-electron chi connectivity index (χ4n) is 1.68. The number of benzene rings is 1. The molecule has 0 saturated carbocycles. The number of hydrogen-bond acceptors (Lipinski definition) is 6. The van der Waals surface area contributed by atoms with Gasteiger partial charge >= 0.3 is 0 Å². The van der Waals surface area contributed by atoms with E-state index < -0.39 is 20.6 Å². The first-order chi connectivity index (χ1) is 9.79. The second-order valence-corrected chi connectivity index (χ2v) is 6.08. The number of nitro groups is 1. The number of nitrogens with one attached hydrogen (secondary N) is 1. The fourth-order valence-corrected chi connectivity index (χ4v) is 2.69. The van der Waals surface area contributed by atoms with Crippen molar-refractivity contribution in [3.8, 4) is 0 Å². The minimum atomic E-state index is -3.89. The highest BCUT2D eigenvalue weighted by molar-refractivity contribution is 7.89. The van der Waals surface area contributed by atoms with Crippen molar-refractivity contribution in [3.05, 3.63) is 52.0 Å². The molecule has 2 rings (SSSR count). The number of furan rings is 1. The first-order valence-corrected chi connectivity index (χ1v) is 7.37. The SMILES string of the molecule is Cc1ccc(CNS(=O)(=O)c2ccc(N)c([N+](=O)[O-])c2)o1. The van der Waals surface area contributed by atoms with Crippen LogP contribution in [0.1, 0.15) is 11.5 Å². The number of sulfonamides is 1. The molecule has 3 N–H and O–H groups in total. The summed E-state index contributed by atoms with van der Waals surface area (Å²) in [6.07, 6.45) is 0. The molecule has 0 spiro atoms. The smallest absolute Gasteiger partial charge is 0.293 e. The highest BCUT2D eigenvalue weighted by Crippen LogP contribution is 2.24. The van der Waals surface area contributed by atoms with Crippen molar-refractivity contribution in [2.75, 3.05) is 5.73 Å². The molecule has 9 heteroatoms. The molecule has 0 aliphatic heterocycles. The summed E-state index contributed by atoms with van der Waals surface area (Å²) in [4.78, 5) is 9.82. The van der Waals surface area contributed by atoms with Gasteiger partial charge in [0.05, 0.1) is 16.4 Å². The summed E-state index contributed by atoms with van der Waals surface area (Å²) in [6, 6.07) is 6.66. The third kappa shape index (κ3) is 3.38. The maximum absolute atomic E-state index is 12.1. The summed E-state index contributed by atoms with van der Waals surface area (Å²) >= 11 is 0. The highest BCUT2D eigenvalue weighted by atomic mass is 32.2. The Kier molecular flexibility index (Phi) is 3.96. The molecule has 0 radical (unpaired) electrons. The number of nitrogens with two attached hydrogens (primary N) is 1. The van der Waals surface area contributed by atoms with Crippen LogP contribution in [0.4, 0.5) is 11.4 Å². The van der Waals surface area contributed by atoms with E-state index in [1.807, 2.05) is 0 Å². The van der Waals surface area contributed by atoms with E-state index in [1.54, 1.807) is 19.1 Å². The summed E-state index contributed by atoms with van der Waals surface area (Å²) in [5, 5.41) is 10.8. The van der Waals surface area contributed by atoms with Crippen LogP contribution in [0.15, 0.2) is 39.6 Å². The quantitative estimate of drug-likeness (QED) is 0.490. The predicted molar refractivity (Wildman–Crippen MR) is 75.0 cm³/mol. The van der Waals surface area contributed by atoms with Crippen LogP contribution in [-0.2, 0) is 16.6 Å². The molecule has 0 amide bonds. The van der Waals surface area contributed by atoms with Crippen molar-refractivity contribution < 1.29 is 17.8 Å². The molecule has 1 aromatic heterocycles. The zero-order chi connectivity index (χ0) is 15.6. The van der Waals surface area contributed by atoms with E-state index >= 15 is 0 Å². The maximum Gasteiger partial charge on any atom is 0.293 e. The van der Waals surface area contributed by atoms with Gasteiger partial charge in [-0.1, -0.05) is 0 Å². The molecule has 0 unspecified atom stereocenters. The molecule has 8 nitrogen and oxygen atoms in total. The molecule has 0 bridgehead atoms. The Morgan fingerprint density at radius 1 is 1.33 bits per heavy atom. The summed E-state index contributed by atoms with van der Waals surface area (Å²) in [6.45, 7) is 1.69. The molecule has 1 aromatic carbocycles. The third-order valence-electron chi connectivity index (χ3n) is 2.74. The van der Waals surface area contributed by atoms with Crippen LogP contribution in [0.5, 0.6) is 0 Å². The van der Waals surface area contributed by atoms with Gasteiger partial charge in [0.25, 0.3) is 5.69 Å². The van der Waals surface area contributed by atoms with E-state index in [9.17, 15) is 18.5 Å². The van der Waals surface area contributed by atoms with E-state index in [0.717, 1.165) is 6.07 Å². The minimum Gasteiger partial charge on any atom is -0.465 e. The number of rotatable bonds is 5. The van der Waals surface area contributed by atoms with Gasteiger partial charge in [0.2, 0.25) is 10.0 Å². The van der Waals surface area contributed by atoms with E-state index in [2.05, 4.69) is 4.72 Å². The Bertz CT molecular complexity index is 782. The third-order valence-corrected chi connectivity index (χ3v) is 4.14. The van der Waals surface area contributed by atoms with Gasteiger partial charge < -0.3 is 10.2 Å². The molecular weight excluding hydrogens is 298 g/mol. The molecule has 0 atom stereocenters. The topological polar surface area (TPSA) is 128 Å². The number of anilines is 1. The molecule has 21 heavy (non-hydrogen) atoms. The van der Waals surface area contributed by atoms with Gasteiger partial charge in [0, 0.05) is 6.07 Å². The predicted octanol–water partition coefficient (Wildman–Crippen LogP) is 1.56. The van der Waals surface area contributed by atoms with Gasteiger partial charge in [-0.2, -0.15) is 0 Å². The summed E-state index contributed by atoms with van der Waals surface area (Å²) < 4.78 is 31.7. The monoisotopic (exact) mass is 311 g/mol. The lowest BCUT2D eigenvalue weighted by Crippen LogP contribution is -2.23. The molecule has 0 aliphatic rings. The lowest BCUT2D eigenvalue weighted by Gasteiger charge is -2.06. The van der Waals surface area contributed by atoms with Crippen molar-refractivity contribution in [2.24, 2.45) is 0 Å². The normalized spacial score (nSPS) is 11.5. The van der Waals surface area contributed by atoms with Gasteiger partial charge in [-0.25, -0.2) is 13.1 Å². The van der Waals surface area contributed by atoms with Gasteiger partial charge in [0.15, 0.2) is 0 Å². The maximum atomic E-state index is 12.1. The van der Waals surface area contributed by atoms with E-state index in [4.69, 9.17) is 10.2 Å². The Morgan fingerprint density at radius 3 is 2.62 bits per heavy atom. The van der Waals surface area contributed by atoms with E-state index in [1.165, 1.54) is 12.1 Å². The molecule has 0 fully saturated rings. The first kappa shape index (κ1) is 15.0. The van der Waals surface area contributed by atoms with Crippen molar-refractivity contribution in [1.29, 1.82) is 0 Å². The second kappa shape index (κ2) is 5.54. The van der Waals surface area contributed by atoms with Crippen molar-refractivity contribution in [2.45, 2.75) is 18.4 Å². The van der Waals surface area contributed by atoms with Crippen LogP contribution in [0.25, 0.3) is 0 Å². The lowest BCUT2D eigenvalue weighted by atomic mass is 10.3. The summed E-state index contributed by atoms with van der Waals surface area (Å²) in [7, 11) is -3.89. The molecule has 112 valence electrons. The fraction of sp³-hybridized carbons (Fsp3) is 0.167. The number of hydrogen-bond donors (Lipinski definition) is 2. The standard InChI is InChI=1S/C12H13N3O5S/c1-8-2-3-9(20-8)7-14-21(18,19)10-4-5-11(13)12(6-10)15(16)17/h2-6,14H,7,13H2,1H3. The average molecular weight is 311 g/mol. The largest absolute Gasteiger partial charge is 0.465 e. The van der Waals surface area contributed by atoms with Crippen LogP contribution in [0.2, 0.25) is 0 Å². The van der Waals surface area contributed by atoms with Crippen LogP contribution >= 0.6 is 0 Å². The van der Waals surface area contributed by atoms with Gasteiger partial charge in [-0.3, -0.25) is 10.1 Å². The highest BCUT2D eigenvalue weighted by Gasteiger charge is 2.20. The molecule has 0 saturated heterocycles. The number of nitro benzene ring substituents is 1. The van der Waals surface area contributed by atoms with E-state index in [-0.39, 0.29) is 17.1 Å². The summed E-state index contributed by atoms with van der Waals surface area (Å²) in [5.41, 5.74) is 4.88. The second-order valence-electron chi connectivity index (χ2n) is 4.31. The van der Waals surface area contributed by atoms with Crippen LogP contribution in [-0.4, -0.2) is 13.3 Å². The molecule has 2 aromatic rings. The Balaban J connectivity index is 2.23. The van der Waals surface area contributed by atoms with Gasteiger partial charge in [-0.05, 0) is 31.2 Å². The number of nitrogen functional groups attached to an aromatic ring is 1. The van der Waals surface area contributed by atoms with Crippen LogP contribution < -0.4 is 10.5 Å². The Morgan fingerprint density at radius 2 is 2.05 bits per heavy atom. The minimum absolute atomic E-state index is 0.0473. The van der Waals surface area contributed by atoms with Gasteiger partial charge in [0.1, 0.15) is 17.2 Å². The molecule has 1 heterocycles. The van der Waals surface area contributed by atoms with Crippen molar-refractivity contribution in [1.82, 2.24) is 4.72 Å². The number of aryl methyl sites for hydroxylation is 1. The molecular formula is C12H13N3O5S. The Labute approximate surface area is 120 Å². The van der Waals surface area contributed by atoms with Crippen molar-refractivity contribution in [3.63, 3.8) is 0 Å². The average Bonchev–Trinajstić information content (AvgIpc) is 2.82. The summed E-state index contributed by atoms with van der Waals surface area (Å²) in [5.74, 6) is 1.10. The van der Waals surface area contributed by atoms with Crippen LogP contribution in [0, 0.1) is 17.0 Å². The zero-order valence-electron chi connectivity index (χ0n) is 11.1. The molecule has 0 aliphatic carbocycles. The Hall–Kier alpha value is -2.39. The number of nitrogens with zero attached hydrogens (tertiary/aromatic N) is 1. The lowest BCUT2D eigenvalue weighted by molar-refractivity contribution is -0.384. The van der Waals surface area contributed by atoms with E-state index in [0.29, 0.717) is 11.5 Å². The first-order valence-electron chi connectivity index (χ1n) is 5.88. The van der Waals surface area contributed by atoms with Crippen molar-refractivity contribution >= 4 is 21.4 Å².